The molecule has 1 heterocycles. The fraction of sp³-hybridized carbons (Fsp3) is 0.696. The molecule has 0 unspecified atom stereocenters. The van der Waals surface area contributed by atoms with Gasteiger partial charge in [0.2, 0.25) is 15.9 Å². The summed E-state index contributed by atoms with van der Waals surface area (Å²) in [6, 6.07) is 3.48. The van der Waals surface area contributed by atoms with Gasteiger partial charge in [0, 0.05) is 18.6 Å². The zero-order valence-corrected chi connectivity index (χ0v) is 19.8. The van der Waals surface area contributed by atoms with Crippen LogP contribution in [0.5, 0.6) is 5.75 Å². The summed E-state index contributed by atoms with van der Waals surface area (Å²) >= 11 is 0. The third-order valence-corrected chi connectivity index (χ3v) is 8.58. The zero-order chi connectivity index (χ0) is 22.4. The lowest BCUT2D eigenvalue weighted by Gasteiger charge is -2.26. The minimum absolute atomic E-state index is 0.0263. The van der Waals surface area contributed by atoms with Gasteiger partial charge in [0.25, 0.3) is 0 Å². The Morgan fingerprint density at radius 2 is 1.71 bits per heavy atom. The van der Waals surface area contributed by atoms with Gasteiger partial charge in [-0.25, -0.2) is 8.42 Å². The van der Waals surface area contributed by atoms with Crippen LogP contribution in [0.4, 0.5) is 0 Å². The first-order valence-electron chi connectivity index (χ1n) is 11.4. The van der Waals surface area contributed by atoms with Crippen LogP contribution in [0.2, 0.25) is 0 Å². The number of methoxy groups -OCH3 is 1. The first-order valence-corrected chi connectivity index (χ1v) is 12.8. The number of hydrogen-bond acceptors (Lipinski definition) is 5. The average Bonchev–Trinajstić information content (AvgIpc) is 3.04. The van der Waals surface area contributed by atoms with Crippen LogP contribution >= 0.6 is 0 Å². The Morgan fingerprint density at radius 1 is 1.06 bits per heavy atom. The van der Waals surface area contributed by atoms with Crippen molar-refractivity contribution in [2.75, 3.05) is 26.9 Å². The molecule has 1 amide bonds. The molecular weight excluding hydrogens is 416 g/mol. The number of nitrogens with zero attached hydrogens (tertiary/aromatic N) is 1. The van der Waals surface area contributed by atoms with Crippen molar-refractivity contribution in [1.82, 2.24) is 9.62 Å². The van der Waals surface area contributed by atoms with Crippen LogP contribution in [0.15, 0.2) is 17.0 Å². The second-order valence-electron chi connectivity index (χ2n) is 8.77. The number of amides is 1. The number of benzene rings is 1. The van der Waals surface area contributed by atoms with E-state index in [4.69, 9.17) is 9.47 Å². The van der Waals surface area contributed by atoms with Crippen molar-refractivity contribution in [3.8, 4) is 5.75 Å². The summed E-state index contributed by atoms with van der Waals surface area (Å²) in [7, 11) is -2.08. The first kappa shape index (κ1) is 24.0. The second-order valence-corrected chi connectivity index (χ2v) is 10.6. The summed E-state index contributed by atoms with van der Waals surface area (Å²) < 4.78 is 39.3. The summed E-state index contributed by atoms with van der Waals surface area (Å²) in [4.78, 5) is 12.6. The van der Waals surface area contributed by atoms with Gasteiger partial charge in [-0.05, 0) is 62.8 Å². The van der Waals surface area contributed by atoms with E-state index in [1.807, 2.05) is 0 Å². The largest absolute Gasteiger partial charge is 0.497 e. The third-order valence-electron chi connectivity index (χ3n) is 6.32. The minimum atomic E-state index is -3.65. The standard InChI is InChI=1S/C23H36N2O5S/c1-17-13-21(29-3)14-18(2)23(17)31(27,28)25-12-8-11-20(25)15-30-16-22(26)24-19-9-6-4-5-7-10-19/h13-14,19-20H,4-12,15-16H2,1-3H3,(H,24,26)/t20-/m0/s1. The molecule has 8 heteroatoms. The van der Waals surface area contributed by atoms with Crippen molar-refractivity contribution in [1.29, 1.82) is 0 Å². The van der Waals surface area contributed by atoms with Crippen molar-refractivity contribution in [3.63, 3.8) is 0 Å². The third kappa shape index (κ3) is 5.99. The Morgan fingerprint density at radius 3 is 2.32 bits per heavy atom. The quantitative estimate of drug-likeness (QED) is 0.612. The fourth-order valence-corrected chi connectivity index (χ4v) is 6.92. The number of carbonyl (C=O) groups is 1. The Hall–Kier alpha value is -1.64. The number of rotatable bonds is 8. The van der Waals surface area contributed by atoms with E-state index in [1.54, 1.807) is 33.1 Å². The summed E-state index contributed by atoms with van der Waals surface area (Å²) in [5.74, 6) is 0.538. The van der Waals surface area contributed by atoms with Gasteiger partial charge in [0.15, 0.2) is 0 Å². The number of ether oxygens (including phenoxy) is 2. The van der Waals surface area contributed by atoms with Gasteiger partial charge in [-0.3, -0.25) is 4.79 Å². The van der Waals surface area contributed by atoms with Crippen LogP contribution in [-0.2, 0) is 19.6 Å². The lowest BCUT2D eigenvalue weighted by Crippen LogP contribution is -2.41. The van der Waals surface area contributed by atoms with Crippen molar-refractivity contribution < 1.29 is 22.7 Å². The fourth-order valence-electron chi connectivity index (χ4n) is 4.83. The zero-order valence-electron chi connectivity index (χ0n) is 19.0. The second kappa shape index (κ2) is 10.8. The van der Waals surface area contributed by atoms with Gasteiger partial charge in [-0.15, -0.1) is 0 Å². The Kier molecular flexibility index (Phi) is 8.36. The maximum atomic E-state index is 13.4. The lowest BCUT2D eigenvalue weighted by atomic mass is 10.1. The summed E-state index contributed by atoms with van der Waals surface area (Å²) in [5, 5.41) is 3.07. The topological polar surface area (TPSA) is 84.9 Å². The summed E-state index contributed by atoms with van der Waals surface area (Å²) in [5.41, 5.74) is 1.34. The van der Waals surface area contributed by atoms with E-state index in [0.717, 1.165) is 38.5 Å². The lowest BCUT2D eigenvalue weighted by molar-refractivity contribution is -0.126. The molecule has 31 heavy (non-hydrogen) atoms. The molecule has 7 nitrogen and oxygen atoms in total. The Bertz CT molecular complexity index is 840. The van der Waals surface area contributed by atoms with E-state index in [0.29, 0.717) is 28.3 Å². The molecule has 1 saturated heterocycles. The van der Waals surface area contributed by atoms with Crippen LogP contribution in [0, 0.1) is 13.8 Å². The number of hydrogen-bond donors (Lipinski definition) is 1. The number of aryl methyl sites for hydroxylation is 2. The van der Waals surface area contributed by atoms with E-state index in [2.05, 4.69) is 5.32 Å². The van der Waals surface area contributed by atoms with Gasteiger partial charge in [0.05, 0.1) is 18.6 Å². The molecule has 1 N–H and O–H groups in total. The maximum absolute atomic E-state index is 13.4. The van der Waals surface area contributed by atoms with Crippen LogP contribution in [-0.4, -0.2) is 57.6 Å². The number of sulfonamides is 1. The van der Waals surface area contributed by atoms with E-state index in [1.165, 1.54) is 17.1 Å². The molecule has 2 aliphatic rings. The molecule has 0 radical (unpaired) electrons. The number of nitrogens with one attached hydrogen (secondary N) is 1. The molecule has 0 spiro atoms. The molecule has 1 aliphatic carbocycles. The minimum Gasteiger partial charge on any atom is -0.497 e. The molecule has 3 rings (SSSR count). The molecule has 1 aromatic rings. The molecule has 0 aromatic heterocycles. The van der Waals surface area contributed by atoms with Gasteiger partial charge >= 0.3 is 0 Å². The monoisotopic (exact) mass is 452 g/mol. The van der Waals surface area contributed by atoms with Crippen LogP contribution in [0.1, 0.15) is 62.5 Å². The van der Waals surface area contributed by atoms with Crippen molar-refractivity contribution >= 4 is 15.9 Å². The van der Waals surface area contributed by atoms with Crippen LogP contribution < -0.4 is 10.1 Å². The normalized spacial score (nSPS) is 21.1. The van der Waals surface area contributed by atoms with Gasteiger partial charge < -0.3 is 14.8 Å². The molecule has 174 valence electrons. The molecule has 1 saturated carbocycles. The van der Waals surface area contributed by atoms with Gasteiger partial charge in [-0.1, -0.05) is 25.7 Å². The van der Waals surface area contributed by atoms with E-state index < -0.39 is 10.0 Å². The highest BCUT2D eigenvalue weighted by Gasteiger charge is 2.37. The predicted octanol–water partition coefficient (Wildman–Crippen LogP) is 3.32. The molecule has 1 atom stereocenters. The van der Waals surface area contributed by atoms with Crippen molar-refractivity contribution in [3.05, 3.63) is 23.3 Å². The highest BCUT2D eigenvalue weighted by Crippen LogP contribution is 2.32. The van der Waals surface area contributed by atoms with Crippen LogP contribution in [0.25, 0.3) is 0 Å². The van der Waals surface area contributed by atoms with Gasteiger partial charge in [-0.2, -0.15) is 4.31 Å². The first-order chi connectivity index (χ1) is 14.8. The SMILES string of the molecule is COc1cc(C)c(S(=O)(=O)N2CCC[C@H]2COCC(=O)NC2CCCCCC2)c(C)c1. The van der Waals surface area contributed by atoms with E-state index in [-0.39, 0.29) is 31.2 Å². The molecular formula is C23H36N2O5S. The number of carbonyl (C=O) groups excluding carboxylic acids is 1. The highest BCUT2D eigenvalue weighted by atomic mass is 32.2. The maximum Gasteiger partial charge on any atom is 0.246 e. The molecule has 2 fully saturated rings. The molecule has 1 aromatic carbocycles. The molecule has 1 aliphatic heterocycles. The average molecular weight is 453 g/mol. The smallest absolute Gasteiger partial charge is 0.246 e. The van der Waals surface area contributed by atoms with Crippen molar-refractivity contribution in [2.24, 2.45) is 0 Å². The predicted molar refractivity (Wildman–Crippen MR) is 120 cm³/mol. The van der Waals surface area contributed by atoms with E-state index in [9.17, 15) is 13.2 Å². The Labute approximate surface area is 186 Å². The summed E-state index contributed by atoms with van der Waals surface area (Å²) in [6.07, 6.45) is 8.37. The highest BCUT2D eigenvalue weighted by molar-refractivity contribution is 7.89. The van der Waals surface area contributed by atoms with E-state index >= 15 is 0 Å². The van der Waals surface area contributed by atoms with Crippen molar-refractivity contribution in [2.45, 2.75) is 82.2 Å². The van der Waals surface area contributed by atoms with Gasteiger partial charge in [0.1, 0.15) is 12.4 Å². The molecule has 0 bridgehead atoms. The summed E-state index contributed by atoms with van der Waals surface area (Å²) in [6.45, 7) is 4.26. The van der Waals surface area contributed by atoms with Crippen LogP contribution in [0.3, 0.4) is 0 Å². The Balaban J connectivity index is 1.59.